The number of hydrogen-bond acceptors (Lipinski definition) is 7. The van der Waals surface area contributed by atoms with E-state index >= 15 is 0 Å². The van der Waals surface area contributed by atoms with E-state index in [0.29, 0.717) is 30.1 Å². The number of carbonyl (C=O) groups is 1. The number of rotatable bonds is 8. The molecule has 2 aromatic heterocycles. The molecular weight excluding hydrogens is 492 g/mol. The maximum absolute atomic E-state index is 12.4. The highest BCUT2D eigenvalue weighted by atomic mass is 35.5. The number of aliphatic hydroxyl groups excluding tert-OH is 2. The van der Waals surface area contributed by atoms with Gasteiger partial charge in [-0.1, -0.05) is 60.7 Å². The van der Waals surface area contributed by atoms with Crippen molar-refractivity contribution in [1.29, 1.82) is 0 Å². The van der Waals surface area contributed by atoms with Crippen molar-refractivity contribution in [2.45, 2.75) is 37.5 Å². The molecule has 192 valence electrons. The highest BCUT2D eigenvalue weighted by Gasteiger charge is 2.46. The molecule has 0 radical (unpaired) electrons. The fourth-order valence-electron chi connectivity index (χ4n) is 5.10. The van der Waals surface area contributed by atoms with E-state index in [2.05, 4.69) is 49.9 Å². The van der Waals surface area contributed by atoms with Gasteiger partial charge in [-0.15, -0.1) is 0 Å². The summed E-state index contributed by atoms with van der Waals surface area (Å²) in [5, 5.41) is 27.5. The molecule has 9 nitrogen and oxygen atoms in total. The van der Waals surface area contributed by atoms with Crippen molar-refractivity contribution in [2.75, 3.05) is 18.4 Å². The quantitative estimate of drug-likeness (QED) is 0.263. The van der Waals surface area contributed by atoms with Crippen LogP contribution in [0.4, 0.5) is 5.82 Å². The zero-order chi connectivity index (χ0) is 25.9. The summed E-state index contributed by atoms with van der Waals surface area (Å²) in [6.07, 6.45) is -0.557. The Morgan fingerprint density at radius 2 is 1.70 bits per heavy atom. The van der Waals surface area contributed by atoms with Crippen molar-refractivity contribution in [3.05, 3.63) is 83.4 Å². The summed E-state index contributed by atoms with van der Waals surface area (Å²) in [6, 6.07) is 19.8. The summed E-state index contributed by atoms with van der Waals surface area (Å²) < 4.78 is 1.67. The van der Waals surface area contributed by atoms with Gasteiger partial charge in [0.1, 0.15) is 6.10 Å². The molecule has 0 saturated heterocycles. The van der Waals surface area contributed by atoms with E-state index in [1.54, 1.807) is 10.9 Å². The maximum atomic E-state index is 12.4. The summed E-state index contributed by atoms with van der Waals surface area (Å²) in [5.74, 6) is -0.495. The largest absolute Gasteiger partial charge is 0.390 e. The Labute approximate surface area is 219 Å². The molecule has 4 aromatic rings. The van der Waals surface area contributed by atoms with Crippen LogP contribution < -0.4 is 10.6 Å². The van der Waals surface area contributed by atoms with Crippen LogP contribution >= 0.6 is 11.6 Å². The Kier molecular flexibility index (Phi) is 7.36. The Balaban J connectivity index is 1.44. The summed E-state index contributed by atoms with van der Waals surface area (Å²) in [6.45, 7) is 2.79. The molecule has 2 heterocycles. The van der Waals surface area contributed by atoms with Crippen LogP contribution in [0.25, 0.3) is 11.2 Å². The molecule has 0 unspecified atom stereocenters. The number of nitrogens with one attached hydrogen (secondary N) is 2. The van der Waals surface area contributed by atoms with Crippen LogP contribution in [-0.4, -0.2) is 60.9 Å². The van der Waals surface area contributed by atoms with Gasteiger partial charge < -0.3 is 25.4 Å². The Morgan fingerprint density at radius 3 is 2.32 bits per heavy atom. The third-order valence-electron chi connectivity index (χ3n) is 6.97. The Hall–Kier alpha value is -3.53. The minimum Gasteiger partial charge on any atom is -0.390 e. The van der Waals surface area contributed by atoms with E-state index in [1.165, 1.54) is 0 Å². The molecule has 1 aliphatic rings. The minimum absolute atomic E-state index is 0.0287. The average molecular weight is 521 g/mol. The number of hydrogen-bond donors (Lipinski definition) is 4. The number of halogens is 1. The van der Waals surface area contributed by atoms with E-state index in [4.69, 9.17) is 11.6 Å². The van der Waals surface area contributed by atoms with Gasteiger partial charge in [0, 0.05) is 19.0 Å². The van der Waals surface area contributed by atoms with Crippen molar-refractivity contribution in [1.82, 2.24) is 24.8 Å². The van der Waals surface area contributed by atoms with Crippen molar-refractivity contribution >= 4 is 34.5 Å². The predicted molar refractivity (Wildman–Crippen MR) is 141 cm³/mol. The third kappa shape index (κ3) is 5.02. The van der Waals surface area contributed by atoms with Crippen molar-refractivity contribution in [3.8, 4) is 0 Å². The number of fused-ring (bicyclic) bond motifs is 1. The summed E-state index contributed by atoms with van der Waals surface area (Å²) in [7, 11) is 0. The van der Waals surface area contributed by atoms with Gasteiger partial charge in [-0.3, -0.25) is 4.79 Å². The smallest absolute Gasteiger partial charge is 0.226 e. The molecule has 0 spiro atoms. The first-order valence-electron chi connectivity index (χ1n) is 12.4. The van der Waals surface area contributed by atoms with Gasteiger partial charge in [0.2, 0.25) is 11.2 Å². The lowest BCUT2D eigenvalue weighted by Crippen LogP contribution is -2.38. The number of aliphatic hydroxyl groups is 2. The number of imidazole rings is 1. The highest BCUT2D eigenvalue weighted by Crippen LogP contribution is 2.38. The van der Waals surface area contributed by atoms with Gasteiger partial charge in [-0.05, 0) is 36.1 Å². The van der Waals surface area contributed by atoms with Crippen LogP contribution in [0.2, 0.25) is 5.28 Å². The third-order valence-corrected chi connectivity index (χ3v) is 7.14. The Morgan fingerprint density at radius 1 is 1.05 bits per heavy atom. The van der Waals surface area contributed by atoms with E-state index in [1.807, 2.05) is 43.3 Å². The van der Waals surface area contributed by atoms with Gasteiger partial charge >= 0.3 is 0 Å². The number of benzene rings is 2. The summed E-state index contributed by atoms with van der Waals surface area (Å²) in [4.78, 5) is 25.7. The molecule has 37 heavy (non-hydrogen) atoms. The molecule has 1 fully saturated rings. The van der Waals surface area contributed by atoms with Crippen LogP contribution in [0.3, 0.4) is 0 Å². The van der Waals surface area contributed by atoms with E-state index in [9.17, 15) is 15.0 Å². The molecule has 4 atom stereocenters. The monoisotopic (exact) mass is 520 g/mol. The number of amides is 1. The Bertz CT molecular complexity index is 1330. The molecule has 1 saturated carbocycles. The van der Waals surface area contributed by atoms with Gasteiger partial charge in [0.05, 0.1) is 24.4 Å². The standard InChI is InChI=1S/C27H29ClN6O3/c1-2-29-26(37)18-13-20(23(36)22(18)35)34-15-31-21-24(32-27(28)33-25(21)34)30-14-19(16-9-5-3-6-10-16)17-11-7-4-8-12-17/h3-12,15,18-20,22-23,35-36H,2,13-14H2,1H3,(H,29,37)(H,30,32,33)/t18-,20+,22+,23-/m0/s1. The van der Waals surface area contributed by atoms with Crippen LogP contribution in [0.5, 0.6) is 0 Å². The lowest BCUT2D eigenvalue weighted by atomic mass is 9.91. The van der Waals surface area contributed by atoms with Crippen LogP contribution in [0.1, 0.15) is 36.4 Å². The van der Waals surface area contributed by atoms with Gasteiger partial charge in [0.25, 0.3) is 0 Å². The van der Waals surface area contributed by atoms with Crippen molar-refractivity contribution < 1.29 is 15.0 Å². The summed E-state index contributed by atoms with van der Waals surface area (Å²) in [5.41, 5.74) is 3.23. The number of aromatic nitrogens is 4. The first-order valence-corrected chi connectivity index (χ1v) is 12.7. The molecule has 0 bridgehead atoms. The zero-order valence-electron chi connectivity index (χ0n) is 20.3. The van der Waals surface area contributed by atoms with Gasteiger partial charge in [-0.2, -0.15) is 9.97 Å². The lowest BCUT2D eigenvalue weighted by Gasteiger charge is -2.20. The van der Waals surface area contributed by atoms with Crippen molar-refractivity contribution in [2.24, 2.45) is 5.92 Å². The number of nitrogens with zero attached hydrogens (tertiary/aromatic N) is 4. The minimum atomic E-state index is -1.19. The van der Waals surface area contributed by atoms with Gasteiger partial charge in [-0.25, -0.2) is 4.98 Å². The first-order chi connectivity index (χ1) is 18.0. The molecular formula is C27H29ClN6O3. The second-order valence-corrected chi connectivity index (χ2v) is 9.54. The van der Waals surface area contributed by atoms with Crippen LogP contribution in [0.15, 0.2) is 67.0 Å². The maximum Gasteiger partial charge on any atom is 0.226 e. The summed E-state index contributed by atoms with van der Waals surface area (Å²) >= 11 is 6.31. The molecule has 4 N–H and O–H groups in total. The molecule has 1 aliphatic carbocycles. The highest BCUT2D eigenvalue weighted by molar-refractivity contribution is 6.28. The molecule has 1 amide bonds. The normalized spacial score (nSPS) is 21.4. The van der Waals surface area contributed by atoms with Gasteiger partial charge in [0.15, 0.2) is 17.0 Å². The lowest BCUT2D eigenvalue weighted by molar-refractivity contribution is -0.128. The van der Waals surface area contributed by atoms with E-state index < -0.39 is 24.2 Å². The molecule has 10 heteroatoms. The second kappa shape index (κ2) is 10.8. The molecule has 5 rings (SSSR count). The first kappa shape index (κ1) is 25.1. The average Bonchev–Trinajstić information content (AvgIpc) is 3.46. The predicted octanol–water partition coefficient (Wildman–Crippen LogP) is 3.14. The SMILES string of the molecule is CCNC(=O)[C@H]1C[C@@H](n2cnc3c(NCC(c4ccccc4)c4ccccc4)nc(Cl)nc32)[C@H](O)[C@@H]1O. The van der Waals surface area contributed by atoms with Crippen LogP contribution in [-0.2, 0) is 4.79 Å². The fourth-order valence-corrected chi connectivity index (χ4v) is 5.27. The molecule has 0 aliphatic heterocycles. The zero-order valence-corrected chi connectivity index (χ0v) is 21.1. The number of carbonyl (C=O) groups excluding carboxylic acids is 1. The van der Waals surface area contributed by atoms with E-state index in [-0.39, 0.29) is 23.5 Å². The van der Waals surface area contributed by atoms with Crippen LogP contribution in [0, 0.1) is 5.92 Å². The van der Waals surface area contributed by atoms with Crippen molar-refractivity contribution in [3.63, 3.8) is 0 Å². The number of anilines is 1. The van der Waals surface area contributed by atoms with E-state index in [0.717, 1.165) is 11.1 Å². The molecule has 2 aromatic carbocycles. The topological polar surface area (TPSA) is 125 Å². The fraction of sp³-hybridized carbons (Fsp3) is 0.333. The second-order valence-electron chi connectivity index (χ2n) is 9.21.